The standard InChI is InChI=1S/C16H28N2O4/c1-16(2,3)22-15(21)17-12-6-4-5-7-13(12)18(10-14(19)20)11-8-9-11/h11-13H,4-10H2,1-3H3,(H,17,21)(H,19,20)/t12-,13+/m0/s1. The zero-order valence-electron chi connectivity index (χ0n) is 13.8. The van der Waals surface area contributed by atoms with E-state index in [1.807, 2.05) is 20.8 Å². The Kier molecular flexibility index (Phi) is 5.32. The zero-order chi connectivity index (χ0) is 16.3. The summed E-state index contributed by atoms with van der Waals surface area (Å²) in [6.07, 6.45) is 5.67. The van der Waals surface area contributed by atoms with Crippen LogP contribution in [0.2, 0.25) is 0 Å². The maximum atomic E-state index is 12.0. The van der Waals surface area contributed by atoms with Crippen molar-refractivity contribution in [3.63, 3.8) is 0 Å². The summed E-state index contributed by atoms with van der Waals surface area (Å²) in [7, 11) is 0. The highest BCUT2D eigenvalue weighted by atomic mass is 16.6. The molecule has 1 amide bonds. The topological polar surface area (TPSA) is 78.9 Å². The van der Waals surface area contributed by atoms with Crippen molar-refractivity contribution >= 4 is 12.1 Å². The highest BCUT2D eigenvalue weighted by molar-refractivity contribution is 5.69. The molecule has 0 aliphatic heterocycles. The summed E-state index contributed by atoms with van der Waals surface area (Å²) in [5.74, 6) is -0.798. The van der Waals surface area contributed by atoms with Crippen LogP contribution in [0.25, 0.3) is 0 Å². The number of rotatable bonds is 5. The Morgan fingerprint density at radius 1 is 1.18 bits per heavy atom. The van der Waals surface area contributed by atoms with Crippen molar-refractivity contribution in [3.8, 4) is 0 Å². The Hall–Kier alpha value is -1.30. The van der Waals surface area contributed by atoms with Crippen molar-refractivity contribution < 1.29 is 19.4 Å². The van der Waals surface area contributed by atoms with Crippen molar-refractivity contribution in [1.82, 2.24) is 10.2 Å². The van der Waals surface area contributed by atoms with Gasteiger partial charge in [0, 0.05) is 18.1 Å². The number of carbonyl (C=O) groups excluding carboxylic acids is 1. The lowest BCUT2D eigenvalue weighted by Crippen LogP contribution is -2.55. The van der Waals surface area contributed by atoms with E-state index >= 15 is 0 Å². The molecule has 0 unspecified atom stereocenters. The minimum Gasteiger partial charge on any atom is -0.480 e. The number of carbonyl (C=O) groups is 2. The molecular formula is C16H28N2O4. The fourth-order valence-electron chi connectivity index (χ4n) is 3.22. The minimum absolute atomic E-state index is 0.0245. The number of amides is 1. The largest absolute Gasteiger partial charge is 0.480 e. The van der Waals surface area contributed by atoms with Gasteiger partial charge in [-0.3, -0.25) is 9.69 Å². The number of aliphatic carboxylic acids is 1. The summed E-state index contributed by atoms with van der Waals surface area (Å²) < 4.78 is 5.34. The van der Waals surface area contributed by atoms with Crippen LogP contribution in [0.5, 0.6) is 0 Å². The molecule has 22 heavy (non-hydrogen) atoms. The molecule has 0 aromatic heterocycles. The third-order valence-electron chi connectivity index (χ3n) is 4.19. The SMILES string of the molecule is CC(C)(C)OC(=O)N[C@H]1CCCC[C@H]1N(CC(=O)O)C1CC1. The number of ether oxygens (including phenoxy) is 1. The van der Waals surface area contributed by atoms with Crippen molar-refractivity contribution in [2.45, 2.75) is 83.0 Å². The first-order valence-electron chi connectivity index (χ1n) is 8.23. The van der Waals surface area contributed by atoms with Crippen LogP contribution in [-0.2, 0) is 9.53 Å². The minimum atomic E-state index is -0.798. The maximum Gasteiger partial charge on any atom is 0.407 e. The third kappa shape index (κ3) is 5.16. The van der Waals surface area contributed by atoms with E-state index in [2.05, 4.69) is 10.2 Å². The molecule has 2 atom stereocenters. The predicted octanol–water partition coefficient (Wildman–Crippen LogP) is 2.37. The molecule has 2 N–H and O–H groups in total. The van der Waals surface area contributed by atoms with Gasteiger partial charge in [-0.25, -0.2) is 4.79 Å². The lowest BCUT2D eigenvalue weighted by molar-refractivity contribution is -0.139. The highest BCUT2D eigenvalue weighted by Gasteiger charge is 2.40. The van der Waals surface area contributed by atoms with Gasteiger partial charge in [-0.1, -0.05) is 12.8 Å². The van der Waals surface area contributed by atoms with Crippen molar-refractivity contribution in [3.05, 3.63) is 0 Å². The van der Waals surface area contributed by atoms with Gasteiger partial charge in [0.25, 0.3) is 0 Å². The monoisotopic (exact) mass is 312 g/mol. The summed E-state index contributed by atoms with van der Waals surface area (Å²) in [6, 6.07) is 0.440. The first-order chi connectivity index (χ1) is 10.3. The summed E-state index contributed by atoms with van der Waals surface area (Å²) in [6.45, 7) is 5.57. The van der Waals surface area contributed by atoms with Gasteiger partial charge in [0.05, 0.1) is 6.54 Å². The molecule has 0 aromatic carbocycles. The average Bonchev–Trinajstić information content (AvgIpc) is 3.18. The molecule has 0 radical (unpaired) electrons. The van der Waals surface area contributed by atoms with Crippen LogP contribution in [-0.4, -0.2) is 52.3 Å². The first kappa shape index (κ1) is 17.1. The number of carboxylic acid groups (broad SMARTS) is 1. The summed E-state index contributed by atoms with van der Waals surface area (Å²) in [5.41, 5.74) is -0.522. The molecule has 2 aliphatic carbocycles. The van der Waals surface area contributed by atoms with Crippen molar-refractivity contribution in [1.29, 1.82) is 0 Å². The molecule has 2 aliphatic rings. The Morgan fingerprint density at radius 2 is 1.82 bits per heavy atom. The Bertz CT molecular complexity index is 415. The van der Waals surface area contributed by atoms with Gasteiger partial charge in [0.15, 0.2) is 0 Å². The number of carboxylic acids is 1. The van der Waals surface area contributed by atoms with Gasteiger partial charge < -0.3 is 15.2 Å². The molecule has 0 heterocycles. The lowest BCUT2D eigenvalue weighted by Gasteiger charge is -2.40. The van der Waals surface area contributed by atoms with Crippen LogP contribution in [0.1, 0.15) is 59.3 Å². The number of hydrogen-bond acceptors (Lipinski definition) is 4. The lowest BCUT2D eigenvalue weighted by atomic mass is 9.89. The highest BCUT2D eigenvalue weighted by Crippen LogP contribution is 2.33. The Balaban J connectivity index is 2.00. The smallest absolute Gasteiger partial charge is 0.407 e. The van der Waals surface area contributed by atoms with Crippen LogP contribution in [0, 0.1) is 0 Å². The second-order valence-electron chi connectivity index (χ2n) is 7.40. The zero-order valence-corrected chi connectivity index (χ0v) is 13.8. The van der Waals surface area contributed by atoms with Gasteiger partial charge in [-0.15, -0.1) is 0 Å². The summed E-state index contributed by atoms with van der Waals surface area (Å²) >= 11 is 0. The molecule has 0 spiro atoms. The second-order valence-corrected chi connectivity index (χ2v) is 7.40. The molecule has 0 aromatic rings. The van der Waals surface area contributed by atoms with E-state index in [1.165, 1.54) is 0 Å². The summed E-state index contributed by atoms with van der Waals surface area (Å²) in [4.78, 5) is 25.3. The predicted molar refractivity (Wildman–Crippen MR) is 82.8 cm³/mol. The van der Waals surface area contributed by atoms with E-state index in [4.69, 9.17) is 9.84 Å². The number of alkyl carbamates (subject to hydrolysis) is 1. The molecule has 2 rings (SSSR count). The quantitative estimate of drug-likeness (QED) is 0.815. The Morgan fingerprint density at radius 3 is 2.36 bits per heavy atom. The molecule has 126 valence electrons. The van der Waals surface area contributed by atoms with Gasteiger partial charge in [-0.2, -0.15) is 0 Å². The normalized spacial score (nSPS) is 25.8. The van der Waals surface area contributed by atoms with Crippen LogP contribution < -0.4 is 5.32 Å². The third-order valence-corrected chi connectivity index (χ3v) is 4.19. The van der Waals surface area contributed by atoms with E-state index in [9.17, 15) is 9.59 Å². The van der Waals surface area contributed by atoms with E-state index in [0.29, 0.717) is 6.04 Å². The van der Waals surface area contributed by atoms with Crippen LogP contribution in [0.15, 0.2) is 0 Å². The second kappa shape index (κ2) is 6.86. The average molecular weight is 312 g/mol. The number of hydrogen-bond donors (Lipinski definition) is 2. The summed E-state index contributed by atoms with van der Waals surface area (Å²) in [5, 5.41) is 12.1. The van der Waals surface area contributed by atoms with E-state index < -0.39 is 17.7 Å². The molecule has 6 nitrogen and oxygen atoms in total. The molecular weight excluding hydrogens is 284 g/mol. The first-order valence-corrected chi connectivity index (χ1v) is 8.23. The van der Waals surface area contributed by atoms with Gasteiger partial charge >= 0.3 is 12.1 Å². The van der Waals surface area contributed by atoms with E-state index in [1.54, 1.807) is 0 Å². The molecule has 2 saturated carbocycles. The van der Waals surface area contributed by atoms with Gasteiger partial charge in [0.2, 0.25) is 0 Å². The van der Waals surface area contributed by atoms with Crippen LogP contribution >= 0.6 is 0 Å². The molecule has 6 heteroatoms. The van der Waals surface area contributed by atoms with Gasteiger partial charge in [-0.05, 0) is 46.5 Å². The number of nitrogens with one attached hydrogen (secondary N) is 1. The van der Waals surface area contributed by atoms with Crippen LogP contribution in [0.4, 0.5) is 4.79 Å². The van der Waals surface area contributed by atoms with Crippen molar-refractivity contribution in [2.24, 2.45) is 0 Å². The van der Waals surface area contributed by atoms with E-state index in [-0.39, 0.29) is 18.6 Å². The number of nitrogens with zero attached hydrogens (tertiary/aromatic N) is 1. The van der Waals surface area contributed by atoms with Gasteiger partial charge in [0.1, 0.15) is 5.60 Å². The fourth-order valence-corrected chi connectivity index (χ4v) is 3.22. The molecule has 0 saturated heterocycles. The fraction of sp³-hybridized carbons (Fsp3) is 0.875. The molecule has 2 fully saturated rings. The maximum absolute atomic E-state index is 12.0. The van der Waals surface area contributed by atoms with Crippen molar-refractivity contribution in [2.75, 3.05) is 6.54 Å². The van der Waals surface area contributed by atoms with Crippen LogP contribution in [0.3, 0.4) is 0 Å². The van der Waals surface area contributed by atoms with E-state index in [0.717, 1.165) is 38.5 Å². The Labute approximate surface area is 132 Å². The molecule has 0 bridgehead atoms.